The minimum atomic E-state index is -0.0625. The molecule has 1 saturated heterocycles. The first kappa shape index (κ1) is 16.6. The standard InChI is InChI=1S/C15H22Cl2N2O2/c1-2-14(20)18-5-7-19(8-6-18)15(21)10-11-3-4-12(16)13(17)9-11/h2,11-13H,1,3-10H2. The smallest absolute Gasteiger partial charge is 0.246 e. The molecule has 1 aliphatic heterocycles. The van der Waals surface area contributed by atoms with Crippen LogP contribution in [-0.4, -0.2) is 58.5 Å². The van der Waals surface area contributed by atoms with E-state index in [4.69, 9.17) is 23.2 Å². The summed E-state index contributed by atoms with van der Waals surface area (Å²) in [5, 5.41) is 0.00626. The van der Waals surface area contributed by atoms with Crippen LogP contribution in [-0.2, 0) is 9.59 Å². The molecule has 1 saturated carbocycles. The van der Waals surface area contributed by atoms with Crippen LogP contribution in [0.25, 0.3) is 0 Å². The van der Waals surface area contributed by atoms with Crippen LogP contribution in [0.3, 0.4) is 0 Å². The zero-order valence-electron chi connectivity index (χ0n) is 12.1. The molecular formula is C15H22Cl2N2O2. The topological polar surface area (TPSA) is 40.6 Å². The van der Waals surface area contributed by atoms with Gasteiger partial charge in [-0.25, -0.2) is 0 Å². The van der Waals surface area contributed by atoms with Crippen molar-refractivity contribution < 1.29 is 9.59 Å². The summed E-state index contributed by atoms with van der Waals surface area (Å²) in [4.78, 5) is 27.4. The molecule has 6 heteroatoms. The number of piperazine rings is 1. The Morgan fingerprint density at radius 1 is 1.05 bits per heavy atom. The monoisotopic (exact) mass is 332 g/mol. The minimum Gasteiger partial charge on any atom is -0.339 e. The maximum atomic E-state index is 12.3. The van der Waals surface area contributed by atoms with E-state index in [0.29, 0.717) is 38.5 Å². The number of carbonyl (C=O) groups excluding carboxylic acids is 2. The molecule has 4 nitrogen and oxygen atoms in total. The molecule has 0 radical (unpaired) electrons. The second kappa shape index (κ2) is 7.50. The number of nitrogens with zero attached hydrogens (tertiary/aromatic N) is 2. The van der Waals surface area contributed by atoms with Crippen molar-refractivity contribution in [1.29, 1.82) is 0 Å². The Morgan fingerprint density at radius 2 is 1.67 bits per heavy atom. The van der Waals surface area contributed by atoms with Gasteiger partial charge >= 0.3 is 0 Å². The molecule has 1 aliphatic carbocycles. The second-order valence-corrected chi connectivity index (χ2v) is 6.95. The summed E-state index contributed by atoms with van der Waals surface area (Å²) < 4.78 is 0. The fraction of sp³-hybridized carbons (Fsp3) is 0.733. The first-order valence-electron chi connectivity index (χ1n) is 7.48. The van der Waals surface area contributed by atoms with Crippen LogP contribution in [0.2, 0.25) is 0 Å². The van der Waals surface area contributed by atoms with Crippen LogP contribution in [0, 0.1) is 5.92 Å². The molecule has 3 atom stereocenters. The summed E-state index contributed by atoms with van der Waals surface area (Å²) in [6, 6.07) is 0. The van der Waals surface area contributed by atoms with E-state index >= 15 is 0 Å². The average molecular weight is 333 g/mol. The van der Waals surface area contributed by atoms with Gasteiger partial charge in [-0.15, -0.1) is 23.2 Å². The van der Waals surface area contributed by atoms with Crippen molar-refractivity contribution >= 4 is 35.0 Å². The maximum Gasteiger partial charge on any atom is 0.246 e. The van der Waals surface area contributed by atoms with Crippen LogP contribution in [0.5, 0.6) is 0 Å². The third kappa shape index (κ3) is 4.36. The maximum absolute atomic E-state index is 12.3. The highest BCUT2D eigenvalue weighted by atomic mass is 35.5. The van der Waals surface area contributed by atoms with E-state index in [1.807, 2.05) is 4.90 Å². The van der Waals surface area contributed by atoms with Crippen molar-refractivity contribution in [2.45, 2.75) is 36.4 Å². The molecule has 2 amide bonds. The Balaban J connectivity index is 1.77. The van der Waals surface area contributed by atoms with Crippen LogP contribution in [0.4, 0.5) is 0 Å². The van der Waals surface area contributed by atoms with Gasteiger partial charge in [0.1, 0.15) is 0 Å². The fourth-order valence-electron chi connectivity index (χ4n) is 3.03. The fourth-order valence-corrected chi connectivity index (χ4v) is 3.63. The van der Waals surface area contributed by atoms with Gasteiger partial charge in [-0.2, -0.15) is 0 Å². The Hall–Kier alpha value is -0.740. The number of carbonyl (C=O) groups is 2. The van der Waals surface area contributed by atoms with Gasteiger partial charge < -0.3 is 9.80 Å². The predicted molar refractivity (Wildman–Crippen MR) is 84.6 cm³/mol. The average Bonchev–Trinajstić information content (AvgIpc) is 2.50. The minimum absolute atomic E-state index is 0.0275. The Labute approximate surface area is 136 Å². The number of alkyl halides is 2. The normalized spacial score (nSPS) is 30.1. The molecule has 0 aromatic carbocycles. The molecule has 0 spiro atoms. The molecule has 0 aromatic rings. The van der Waals surface area contributed by atoms with E-state index in [0.717, 1.165) is 19.3 Å². The van der Waals surface area contributed by atoms with Gasteiger partial charge in [-0.3, -0.25) is 9.59 Å². The Bertz CT molecular complexity index is 408. The van der Waals surface area contributed by atoms with E-state index in [1.165, 1.54) is 6.08 Å². The van der Waals surface area contributed by atoms with Gasteiger partial charge in [-0.1, -0.05) is 6.58 Å². The summed E-state index contributed by atoms with van der Waals surface area (Å²) in [6.07, 6.45) is 4.54. The molecule has 0 N–H and O–H groups in total. The number of hydrogen-bond acceptors (Lipinski definition) is 2. The van der Waals surface area contributed by atoms with Crippen LogP contribution >= 0.6 is 23.2 Å². The van der Waals surface area contributed by atoms with E-state index in [-0.39, 0.29) is 22.6 Å². The van der Waals surface area contributed by atoms with E-state index in [1.54, 1.807) is 4.90 Å². The van der Waals surface area contributed by atoms with Gasteiger partial charge in [0.05, 0.1) is 5.38 Å². The highest BCUT2D eigenvalue weighted by molar-refractivity contribution is 6.30. The number of rotatable bonds is 3. The van der Waals surface area contributed by atoms with Crippen molar-refractivity contribution in [1.82, 2.24) is 9.80 Å². The molecular weight excluding hydrogens is 311 g/mol. The first-order valence-corrected chi connectivity index (χ1v) is 8.35. The van der Waals surface area contributed by atoms with E-state index in [9.17, 15) is 9.59 Å². The van der Waals surface area contributed by atoms with Gasteiger partial charge in [-0.05, 0) is 31.3 Å². The largest absolute Gasteiger partial charge is 0.339 e. The van der Waals surface area contributed by atoms with Gasteiger partial charge in [0.25, 0.3) is 0 Å². The third-order valence-electron chi connectivity index (χ3n) is 4.38. The molecule has 21 heavy (non-hydrogen) atoms. The van der Waals surface area contributed by atoms with Gasteiger partial charge in [0.2, 0.25) is 11.8 Å². The molecule has 2 rings (SSSR count). The third-order valence-corrected chi connectivity index (χ3v) is 5.52. The molecule has 0 bridgehead atoms. The van der Waals surface area contributed by atoms with Crippen LogP contribution < -0.4 is 0 Å². The number of halogens is 2. The molecule has 1 heterocycles. The Morgan fingerprint density at radius 3 is 2.24 bits per heavy atom. The Kier molecular flexibility index (Phi) is 5.94. The van der Waals surface area contributed by atoms with E-state index < -0.39 is 0 Å². The van der Waals surface area contributed by atoms with Crippen molar-refractivity contribution in [3.63, 3.8) is 0 Å². The SMILES string of the molecule is C=CC(=O)N1CCN(C(=O)CC2CCC(Cl)C(Cl)C2)CC1. The molecule has 2 aliphatic rings. The molecule has 118 valence electrons. The second-order valence-electron chi connectivity index (χ2n) is 5.83. The summed E-state index contributed by atoms with van der Waals surface area (Å²) in [7, 11) is 0. The lowest BCUT2D eigenvalue weighted by atomic mass is 9.86. The summed E-state index contributed by atoms with van der Waals surface area (Å²) in [6.45, 7) is 5.87. The first-order chi connectivity index (χ1) is 10.0. The van der Waals surface area contributed by atoms with Crippen molar-refractivity contribution in [3.8, 4) is 0 Å². The lowest BCUT2D eigenvalue weighted by molar-refractivity contribution is -0.138. The van der Waals surface area contributed by atoms with Crippen LogP contribution in [0.15, 0.2) is 12.7 Å². The highest BCUT2D eigenvalue weighted by Crippen LogP contribution is 2.33. The highest BCUT2D eigenvalue weighted by Gasteiger charge is 2.31. The summed E-state index contributed by atoms with van der Waals surface area (Å²) >= 11 is 12.3. The zero-order chi connectivity index (χ0) is 15.4. The molecule has 3 unspecified atom stereocenters. The predicted octanol–water partition coefficient (Wildman–Crippen LogP) is 2.25. The number of amides is 2. The zero-order valence-corrected chi connectivity index (χ0v) is 13.7. The van der Waals surface area contributed by atoms with E-state index in [2.05, 4.69) is 6.58 Å². The molecule has 2 fully saturated rings. The lowest BCUT2D eigenvalue weighted by Gasteiger charge is -2.36. The van der Waals surface area contributed by atoms with Gasteiger partial charge in [0, 0.05) is 38.0 Å². The lowest BCUT2D eigenvalue weighted by Crippen LogP contribution is -2.50. The van der Waals surface area contributed by atoms with Crippen molar-refractivity contribution in [2.75, 3.05) is 26.2 Å². The van der Waals surface area contributed by atoms with Crippen molar-refractivity contribution in [3.05, 3.63) is 12.7 Å². The summed E-state index contributed by atoms with van der Waals surface area (Å²) in [5.74, 6) is 0.443. The molecule has 0 aromatic heterocycles. The van der Waals surface area contributed by atoms with Crippen LogP contribution in [0.1, 0.15) is 25.7 Å². The van der Waals surface area contributed by atoms with Gasteiger partial charge in [0.15, 0.2) is 0 Å². The van der Waals surface area contributed by atoms with Crippen molar-refractivity contribution in [2.24, 2.45) is 5.92 Å². The number of hydrogen-bond donors (Lipinski definition) is 0. The quantitative estimate of drug-likeness (QED) is 0.587. The summed E-state index contributed by atoms with van der Waals surface area (Å²) in [5.41, 5.74) is 0.